The van der Waals surface area contributed by atoms with Crippen LogP contribution >= 0.6 is 0 Å². The van der Waals surface area contributed by atoms with Crippen molar-refractivity contribution in [3.05, 3.63) is 23.7 Å². The molecule has 0 aromatic carbocycles. The highest BCUT2D eigenvalue weighted by Gasteiger charge is 2.21. The zero-order valence-electron chi connectivity index (χ0n) is 10.00. The van der Waals surface area contributed by atoms with Crippen molar-refractivity contribution in [3.63, 3.8) is 0 Å². The van der Waals surface area contributed by atoms with Gasteiger partial charge in [0, 0.05) is 18.7 Å². The Kier molecular flexibility index (Phi) is 4.43. The standard InChI is InChI=1S/C13H21NO2/c1-2-6-14-8-12-5-7-16-13(12)10-15-9-11-3-4-11/h5,7,11,14H,2-4,6,8-10H2,1H3. The maximum absolute atomic E-state index is 5.63. The smallest absolute Gasteiger partial charge is 0.133 e. The fraction of sp³-hybridized carbons (Fsp3) is 0.692. The van der Waals surface area contributed by atoms with Gasteiger partial charge in [-0.25, -0.2) is 0 Å². The number of rotatable bonds is 8. The van der Waals surface area contributed by atoms with Gasteiger partial charge in [0.25, 0.3) is 0 Å². The lowest BCUT2D eigenvalue weighted by Crippen LogP contribution is -2.14. The Bertz CT molecular complexity index is 305. The lowest BCUT2D eigenvalue weighted by Gasteiger charge is -2.05. The Morgan fingerprint density at radius 1 is 1.50 bits per heavy atom. The topological polar surface area (TPSA) is 34.4 Å². The van der Waals surface area contributed by atoms with Crippen molar-refractivity contribution in [2.24, 2.45) is 5.92 Å². The van der Waals surface area contributed by atoms with Gasteiger partial charge in [0.05, 0.1) is 6.26 Å². The molecule has 1 fully saturated rings. The molecule has 1 aromatic heterocycles. The average Bonchev–Trinajstić information content (AvgIpc) is 3.00. The van der Waals surface area contributed by atoms with E-state index in [1.807, 2.05) is 6.07 Å². The van der Waals surface area contributed by atoms with Gasteiger partial charge in [-0.3, -0.25) is 0 Å². The first-order chi connectivity index (χ1) is 7.90. The first-order valence-corrected chi connectivity index (χ1v) is 6.24. The summed E-state index contributed by atoms with van der Waals surface area (Å²) in [6.45, 7) is 5.61. The number of nitrogens with one attached hydrogen (secondary N) is 1. The van der Waals surface area contributed by atoms with Crippen molar-refractivity contribution in [2.45, 2.75) is 39.3 Å². The maximum atomic E-state index is 5.63. The van der Waals surface area contributed by atoms with Crippen LogP contribution in [0.5, 0.6) is 0 Å². The van der Waals surface area contributed by atoms with Gasteiger partial charge in [-0.05, 0) is 37.8 Å². The molecule has 0 radical (unpaired) electrons. The summed E-state index contributed by atoms with van der Waals surface area (Å²) >= 11 is 0. The number of ether oxygens (including phenoxy) is 1. The van der Waals surface area contributed by atoms with Gasteiger partial charge in [-0.1, -0.05) is 6.92 Å². The average molecular weight is 223 g/mol. The molecule has 0 aliphatic heterocycles. The van der Waals surface area contributed by atoms with Crippen LogP contribution in [0.4, 0.5) is 0 Å². The van der Waals surface area contributed by atoms with Crippen LogP contribution < -0.4 is 5.32 Å². The molecule has 16 heavy (non-hydrogen) atoms. The number of furan rings is 1. The van der Waals surface area contributed by atoms with Crippen molar-refractivity contribution in [3.8, 4) is 0 Å². The summed E-state index contributed by atoms with van der Waals surface area (Å²) in [6, 6.07) is 2.03. The SMILES string of the molecule is CCCNCc1ccoc1COCC1CC1. The molecule has 0 bridgehead atoms. The molecule has 2 rings (SSSR count). The third-order valence-electron chi connectivity index (χ3n) is 2.86. The highest BCUT2D eigenvalue weighted by molar-refractivity contribution is 5.16. The summed E-state index contributed by atoms with van der Waals surface area (Å²) in [7, 11) is 0. The van der Waals surface area contributed by atoms with Gasteiger partial charge >= 0.3 is 0 Å². The minimum Gasteiger partial charge on any atom is -0.467 e. The predicted molar refractivity (Wildman–Crippen MR) is 63.1 cm³/mol. The Hall–Kier alpha value is -0.800. The van der Waals surface area contributed by atoms with Gasteiger partial charge in [0.2, 0.25) is 0 Å². The van der Waals surface area contributed by atoms with E-state index in [1.54, 1.807) is 6.26 Å². The van der Waals surface area contributed by atoms with Crippen molar-refractivity contribution in [1.29, 1.82) is 0 Å². The molecule has 90 valence electrons. The molecule has 1 aliphatic carbocycles. The van der Waals surface area contributed by atoms with Crippen molar-refractivity contribution >= 4 is 0 Å². The Morgan fingerprint density at radius 3 is 3.12 bits per heavy atom. The number of hydrogen-bond acceptors (Lipinski definition) is 3. The maximum Gasteiger partial charge on any atom is 0.133 e. The van der Waals surface area contributed by atoms with Gasteiger partial charge in [-0.15, -0.1) is 0 Å². The van der Waals surface area contributed by atoms with Gasteiger partial charge in [0.1, 0.15) is 12.4 Å². The van der Waals surface area contributed by atoms with Crippen molar-refractivity contribution in [1.82, 2.24) is 5.32 Å². The molecule has 0 unspecified atom stereocenters. The Balaban J connectivity index is 1.71. The third-order valence-corrected chi connectivity index (χ3v) is 2.86. The predicted octanol–water partition coefficient (Wildman–Crippen LogP) is 2.71. The first-order valence-electron chi connectivity index (χ1n) is 6.24. The summed E-state index contributed by atoms with van der Waals surface area (Å²) in [5, 5.41) is 3.37. The van der Waals surface area contributed by atoms with Crippen LogP contribution in [0.3, 0.4) is 0 Å². The molecule has 1 aromatic rings. The highest BCUT2D eigenvalue weighted by atomic mass is 16.5. The van der Waals surface area contributed by atoms with Crippen LogP contribution in [0.2, 0.25) is 0 Å². The molecule has 0 amide bonds. The minimum absolute atomic E-state index is 0.618. The van der Waals surface area contributed by atoms with Crippen LogP contribution in [-0.2, 0) is 17.9 Å². The summed E-state index contributed by atoms with van der Waals surface area (Å²) in [4.78, 5) is 0. The van der Waals surface area contributed by atoms with E-state index in [2.05, 4.69) is 12.2 Å². The largest absolute Gasteiger partial charge is 0.467 e. The van der Waals surface area contributed by atoms with Crippen LogP contribution in [-0.4, -0.2) is 13.2 Å². The lowest BCUT2D eigenvalue weighted by molar-refractivity contribution is 0.0964. The van der Waals surface area contributed by atoms with Gasteiger partial charge in [0.15, 0.2) is 0 Å². The molecule has 3 heteroatoms. The zero-order chi connectivity index (χ0) is 11.2. The van der Waals surface area contributed by atoms with Gasteiger partial charge < -0.3 is 14.5 Å². The first kappa shape index (κ1) is 11.7. The van der Waals surface area contributed by atoms with Crippen molar-refractivity contribution < 1.29 is 9.15 Å². The van der Waals surface area contributed by atoms with E-state index >= 15 is 0 Å². The zero-order valence-corrected chi connectivity index (χ0v) is 10.00. The fourth-order valence-electron chi connectivity index (χ4n) is 1.65. The quantitative estimate of drug-likeness (QED) is 0.688. The second-order valence-corrected chi connectivity index (χ2v) is 4.50. The molecule has 1 aliphatic rings. The number of hydrogen-bond donors (Lipinski definition) is 1. The second-order valence-electron chi connectivity index (χ2n) is 4.50. The fourth-order valence-corrected chi connectivity index (χ4v) is 1.65. The summed E-state index contributed by atoms with van der Waals surface area (Å²) in [5.41, 5.74) is 1.23. The molecule has 3 nitrogen and oxygen atoms in total. The minimum atomic E-state index is 0.618. The highest BCUT2D eigenvalue weighted by Crippen LogP contribution is 2.29. The molecule has 0 saturated heterocycles. The molecule has 0 spiro atoms. The van der Waals surface area contributed by atoms with Gasteiger partial charge in [-0.2, -0.15) is 0 Å². The molecular formula is C13H21NO2. The van der Waals surface area contributed by atoms with Crippen molar-refractivity contribution in [2.75, 3.05) is 13.2 Å². The molecule has 1 heterocycles. The van der Waals surface area contributed by atoms with E-state index in [0.717, 1.165) is 37.8 Å². The van der Waals surface area contributed by atoms with Crippen LogP contribution in [0.1, 0.15) is 37.5 Å². The van der Waals surface area contributed by atoms with E-state index in [0.29, 0.717) is 6.61 Å². The second kappa shape index (κ2) is 6.06. The van der Waals surface area contributed by atoms with E-state index < -0.39 is 0 Å². The lowest BCUT2D eigenvalue weighted by atomic mass is 10.2. The van der Waals surface area contributed by atoms with Crippen LogP contribution in [0.25, 0.3) is 0 Å². The summed E-state index contributed by atoms with van der Waals surface area (Å²) in [5.74, 6) is 1.79. The van der Waals surface area contributed by atoms with E-state index in [-0.39, 0.29) is 0 Å². The molecule has 1 saturated carbocycles. The molecule has 0 atom stereocenters. The van der Waals surface area contributed by atoms with E-state index in [9.17, 15) is 0 Å². The summed E-state index contributed by atoms with van der Waals surface area (Å²) in [6.07, 6.45) is 5.58. The normalized spacial score (nSPS) is 15.6. The monoisotopic (exact) mass is 223 g/mol. The van der Waals surface area contributed by atoms with Crippen LogP contribution in [0.15, 0.2) is 16.7 Å². The van der Waals surface area contributed by atoms with E-state index in [1.165, 1.54) is 18.4 Å². The Labute approximate surface area is 97.2 Å². The van der Waals surface area contributed by atoms with E-state index in [4.69, 9.17) is 9.15 Å². The summed E-state index contributed by atoms with van der Waals surface area (Å²) < 4.78 is 11.1. The molecule has 1 N–H and O–H groups in total. The third kappa shape index (κ3) is 3.65. The molecular weight excluding hydrogens is 202 g/mol. The Morgan fingerprint density at radius 2 is 2.38 bits per heavy atom. The van der Waals surface area contributed by atoms with Crippen LogP contribution in [0, 0.1) is 5.92 Å².